The summed E-state index contributed by atoms with van der Waals surface area (Å²) >= 11 is 15.0. The van der Waals surface area contributed by atoms with Gasteiger partial charge in [0.2, 0.25) is 5.13 Å². The van der Waals surface area contributed by atoms with Gasteiger partial charge < -0.3 is 9.84 Å². The molecule has 1 aromatic heterocycles. The second kappa shape index (κ2) is 13.7. The number of Topliss-reactive ketones (excluding diaryl/α,β-unsaturated/α-hetero) is 1. The number of nitrogens with zero attached hydrogens (tertiary/aromatic N) is 3. The van der Waals surface area contributed by atoms with Gasteiger partial charge in [-0.15, -0.1) is 10.2 Å². The Hall–Kier alpha value is -3.37. The highest BCUT2D eigenvalue weighted by molar-refractivity contribution is 8.00. The topological polar surface area (TPSA) is 92.6 Å². The molecule has 0 bridgehead atoms. The third-order valence-corrected chi connectivity index (χ3v) is 9.41. The Morgan fingerprint density at radius 1 is 1.00 bits per heavy atom. The predicted molar refractivity (Wildman–Crippen MR) is 169 cm³/mol. The first-order chi connectivity index (χ1) is 20.4. The molecule has 1 fully saturated rings. The third kappa shape index (κ3) is 6.65. The molecule has 216 valence electrons. The van der Waals surface area contributed by atoms with E-state index in [-0.39, 0.29) is 16.5 Å². The molecule has 1 aliphatic rings. The van der Waals surface area contributed by atoms with Crippen LogP contribution in [0.15, 0.2) is 82.7 Å². The van der Waals surface area contributed by atoms with Crippen molar-refractivity contribution in [3.8, 4) is 5.75 Å². The number of halogens is 2. The van der Waals surface area contributed by atoms with E-state index in [1.807, 2.05) is 24.3 Å². The molecule has 0 spiro atoms. The largest absolute Gasteiger partial charge is 0.507 e. The highest BCUT2D eigenvalue weighted by Gasteiger charge is 2.48. The van der Waals surface area contributed by atoms with Gasteiger partial charge in [0, 0.05) is 21.4 Å². The van der Waals surface area contributed by atoms with E-state index in [4.69, 9.17) is 27.9 Å². The van der Waals surface area contributed by atoms with Crippen LogP contribution in [0.5, 0.6) is 5.75 Å². The average molecular weight is 641 g/mol. The molecule has 4 aromatic rings. The van der Waals surface area contributed by atoms with E-state index in [1.165, 1.54) is 28.0 Å². The van der Waals surface area contributed by atoms with Gasteiger partial charge in [-0.05, 0) is 60.0 Å². The summed E-state index contributed by atoms with van der Waals surface area (Å²) in [6.45, 7) is 2.73. The zero-order valence-corrected chi connectivity index (χ0v) is 25.8. The minimum Gasteiger partial charge on any atom is -0.507 e. The number of thioether (sulfide) groups is 1. The lowest BCUT2D eigenvalue weighted by molar-refractivity contribution is -0.132. The number of ether oxygens (including phenoxy) is 1. The summed E-state index contributed by atoms with van der Waals surface area (Å²) in [5.41, 5.74) is 1.89. The van der Waals surface area contributed by atoms with Crippen LogP contribution in [0, 0.1) is 0 Å². The SMILES string of the molecule is CCCCCOc1ccc(C2/C(=C(/O)c3ccc(Cl)cc3)C(=O)C(=O)N2c2nnc(SCc3ccccc3Cl)s2)cc1. The number of aromatic nitrogens is 2. The van der Waals surface area contributed by atoms with Crippen LogP contribution in [0.4, 0.5) is 5.13 Å². The fourth-order valence-corrected chi connectivity index (χ4v) is 6.79. The number of amides is 1. The van der Waals surface area contributed by atoms with Crippen LogP contribution in [0.25, 0.3) is 5.76 Å². The molecule has 7 nitrogen and oxygen atoms in total. The second-order valence-corrected chi connectivity index (χ2v) is 12.6. The zero-order chi connectivity index (χ0) is 29.6. The fourth-order valence-electron chi connectivity index (χ4n) is 4.51. The monoisotopic (exact) mass is 639 g/mol. The molecule has 2 heterocycles. The lowest BCUT2D eigenvalue weighted by Crippen LogP contribution is -2.29. The van der Waals surface area contributed by atoms with Crippen molar-refractivity contribution in [2.75, 3.05) is 11.5 Å². The lowest BCUT2D eigenvalue weighted by atomic mass is 9.95. The maximum absolute atomic E-state index is 13.5. The molecule has 1 N–H and O–H groups in total. The Labute approximate surface area is 262 Å². The van der Waals surface area contributed by atoms with Gasteiger partial charge in [0.05, 0.1) is 18.2 Å². The lowest BCUT2D eigenvalue weighted by Gasteiger charge is -2.22. The number of unbranched alkanes of at least 4 members (excludes halogenated alkanes) is 2. The van der Waals surface area contributed by atoms with Crippen LogP contribution >= 0.6 is 46.3 Å². The van der Waals surface area contributed by atoms with E-state index in [9.17, 15) is 14.7 Å². The van der Waals surface area contributed by atoms with Crippen molar-refractivity contribution in [2.45, 2.75) is 42.3 Å². The molecule has 5 rings (SSSR count). The number of rotatable bonds is 11. The zero-order valence-electron chi connectivity index (χ0n) is 22.6. The molecular formula is C31H27Cl2N3O4S2. The minimum atomic E-state index is -0.927. The molecule has 1 atom stereocenters. The number of carbonyl (C=O) groups is 2. The summed E-state index contributed by atoms with van der Waals surface area (Å²) in [5, 5.41) is 21.2. The number of aliphatic hydroxyl groups excluding tert-OH is 1. The van der Waals surface area contributed by atoms with Crippen LogP contribution in [-0.4, -0.2) is 33.6 Å². The second-order valence-electron chi connectivity index (χ2n) is 9.53. The Morgan fingerprint density at radius 3 is 2.45 bits per heavy atom. The maximum Gasteiger partial charge on any atom is 0.301 e. The van der Waals surface area contributed by atoms with Crippen LogP contribution < -0.4 is 9.64 Å². The van der Waals surface area contributed by atoms with Crippen molar-refractivity contribution in [3.05, 3.63) is 105 Å². The predicted octanol–water partition coefficient (Wildman–Crippen LogP) is 8.33. The van der Waals surface area contributed by atoms with E-state index >= 15 is 0 Å². The van der Waals surface area contributed by atoms with Gasteiger partial charge in [-0.3, -0.25) is 14.5 Å². The third-order valence-electron chi connectivity index (χ3n) is 6.69. The molecular weight excluding hydrogens is 613 g/mol. The van der Waals surface area contributed by atoms with Gasteiger partial charge in [-0.1, -0.05) is 96.4 Å². The Balaban J connectivity index is 1.49. The van der Waals surface area contributed by atoms with Gasteiger partial charge in [-0.2, -0.15) is 0 Å². The van der Waals surface area contributed by atoms with Gasteiger partial charge >= 0.3 is 5.91 Å². The first-order valence-corrected chi connectivity index (χ1v) is 15.9. The van der Waals surface area contributed by atoms with E-state index in [2.05, 4.69) is 17.1 Å². The van der Waals surface area contributed by atoms with E-state index < -0.39 is 17.7 Å². The molecule has 1 unspecified atom stereocenters. The summed E-state index contributed by atoms with van der Waals surface area (Å²) in [4.78, 5) is 28.3. The van der Waals surface area contributed by atoms with Crippen LogP contribution in [0.2, 0.25) is 10.0 Å². The maximum atomic E-state index is 13.5. The summed E-state index contributed by atoms with van der Waals surface area (Å²) < 4.78 is 6.47. The van der Waals surface area contributed by atoms with Crippen molar-refractivity contribution >= 4 is 68.9 Å². The summed E-state index contributed by atoms with van der Waals surface area (Å²) in [6, 6.07) is 20.2. The molecule has 1 saturated heterocycles. The summed E-state index contributed by atoms with van der Waals surface area (Å²) in [7, 11) is 0. The number of benzene rings is 3. The normalized spacial score (nSPS) is 16.3. The van der Waals surface area contributed by atoms with Gasteiger partial charge in [-0.25, -0.2) is 0 Å². The van der Waals surface area contributed by atoms with Crippen molar-refractivity contribution in [2.24, 2.45) is 0 Å². The van der Waals surface area contributed by atoms with Crippen molar-refractivity contribution in [1.29, 1.82) is 0 Å². The molecule has 0 aliphatic carbocycles. The number of hydrogen-bond donors (Lipinski definition) is 1. The average Bonchev–Trinajstić information content (AvgIpc) is 3.57. The van der Waals surface area contributed by atoms with E-state index in [0.29, 0.717) is 43.6 Å². The molecule has 11 heteroatoms. The van der Waals surface area contributed by atoms with Crippen LogP contribution in [0.1, 0.15) is 48.9 Å². The number of ketones is 1. The van der Waals surface area contributed by atoms with Gasteiger partial charge in [0.25, 0.3) is 5.78 Å². The standard InChI is InChI=1S/C31H27Cl2N3O4S2/c1-2-3-6-17-40-23-15-11-19(12-16-23)26-25(27(37)20-9-13-22(32)14-10-20)28(38)29(39)36(26)30-34-35-31(42-30)41-18-21-7-4-5-8-24(21)33/h4-5,7-16,26,37H,2-3,6,17-18H2,1H3/b27-25-. The molecule has 0 saturated carbocycles. The van der Waals surface area contributed by atoms with Crippen molar-refractivity contribution in [3.63, 3.8) is 0 Å². The highest BCUT2D eigenvalue weighted by Crippen LogP contribution is 2.44. The quantitative estimate of drug-likeness (QED) is 0.0440. The summed E-state index contributed by atoms with van der Waals surface area (Å²) in [6.07, 6.45) is 3.13. The van der Waals surface area contributed by atoms with Crippen molar-refractivity contribution in [1.82, 2.24) is 10.2 Å². The van der Waals surface area contributed by atoms with Crippen molar-refractivity contribution < 1.29 is 19.4 Å². The Morgan fingerprint density at radius 2 is 1.74 bits per heavy atom. The number of aliphatic hydroxyl groups is 1. The van der Waals surface area contributed by atoms with Gasteiger partial charge in [0.15, 0.2) is 4.34 Å². The molecule has 42 heavy (non-hydrogen) atoms. The highest BCUT2D eigenvalue weighted by atomic mass is 35.5. The summed E-state index contributed by atoms with van der Waals surface area (Å²) in [5.74, 6) is -0.664. The molecule has 0 radical (unpaired) electrons. The first kappa shape index (κ1) is 30.1. The van der Waals surface area contributed by atoms with Gasteiger partial charge in [0.1, 0.15) is 11.5 Å². The molecule has 1 aliphatic heterocycles. The number of hydrogen-bond acceptors (Lipinski definition) is 8. The smallest absolute Gasteiger partial charge is 0.301 e. The first-order valence-electron chi connectivity index (χ1n) is 13.4. The number of carbonyl (C=O) groups excluding carboxylic acids is 2. The van der Waals surface area contributed by atoms with E-state index in [0.717, 1.165) is 24.8 Å². The van der Waals surface area contributed by atoms with Crippen LogP contribution in [-0.2, 0) is 15.3 Å². The number of anilines is 1. The Bertz CT molecular complexity index is 1610. The Kier molecular flexibility index (Phi) is 9.84. The van der Waals surface area contributed by atoms with E-state index in [1.54, 1.807) is 48.5 Å². The molecule has 1 amide bonds. The molecule has 3 aromatic carbocycles. The van der Waals surface area contributed by atoms with Crippen LogP contribution in [0.3, 0.4) is 0 Å². The minimum absolute atomic E-state index is 0.0422. The fraction of sp³-hybridized carbons (Fsp3) is 0.226.